The van der Waals surface area contributed by atoms with Gasteiger partial charge < -0.3 is 13.9 Å². The van der Waals surface area contributed by atoms with Crippen molar-refractivity contribution in [2.45, 2.75) is 0 Å². The molecule has 0 N–H and O–H groups in total. The quantitative estimate of drug-likeness (QED) is 0.167. The monoisotopic (exact) mass is 808 g/mol. The van der Waals surface area contributed by atoms with Crippen LogP contribution in [0.2, 0.25) is 0 Å². The van der Waals surface area contributed by atoms with Crippen LogP contribution in [0.25, 0.3) is 103 Å². The van der Waals surface area contributed by atoms with E-state index in [2.05, 4.69) is 216 Å². The van der Waals surface area contributed by atoms with Crippen LogP contribution in [-0.2, 0) is 0 Å². The number of furan rings is 1. The zero-order chi connectivity index (χ0) is 40.7. The second kappa shape index (κ2) is 13.8. The van der Waals surface area contributed by atoms with Crippen molar-refractivity contribution < 1.29 is 4.42 Å². The van der Waals surface area contributed by atoms with Crippen LogP contribution in [0.4, 0.5) is 17.1 Å². The van der Waals surface area contributed by atoms with Gasteiger partial charge >= 0.3 is 0 Å². The number of aromatic nitrogens is 1. The summed E-state index contributed by atoms with van der Waals surface area (Å²) in [6.45, 7) is 0. The molecule has 0 aliphatic rings. The van der Waals surface area contributed by atoms with Crippen molar-refractivity contribution in [3.63, 3.8) is 0 Å². The molecule has 3 heterocycles. The minimum Gasteiger partial charge on any atom is -0.456 e. The molecule has 0 aliphatic heterocycles. The fraction of sp³-hybridized carbons (Fsp3) is 0. The summed E-state index contributed by atoms with van der Waals surface area (Å²) in [4.78, 5) is 2.36. The molecule has 62 heavy (non-hydrogen) atoms. The van der Waals surface area contributed by atoms with Crippen molar-refractivity contribution >= 4 is 103 Å². The third kappa shape index (κ3) is 5.44. The van der Waals surface area contributed by atoms with Gasteiger partial charge in [-0.2, -0.15) is 0 Å². The van der Waals surface area contributed by atoms with E-state index in [9.17, 15) is 0 Å². The predicted octanol–water partition coefficient (Wildman–Crippen LogP) is 17.0. The highest BCUT2D eigenvalue weighted by atomic mass is 32.1. The fourth-order valence-corrected chi connectivity index (χ4v) is 10.9. The number of para-hydroxylation sites is 2. The first-order chi connectivity index (χ1) is 30.7. The lowest BCUT2D eigenvalue weighted by atomic mass is 10.0. The summed E-state index contributed by atoms with van der Waals surface area (Å²) in [5.41, 5.74) is 13.4. The van der Waals surface area contributed by atoms with Gasteiger partial charge in [0.2, 0.25) is 0 Å². The van der Waals surface area contributed by atoms with E-state index in [1.165, 1.54) is 69.4 Å². The number of anilines is 3. The van der Waals surface area contributed by atoms with E-state index in [0.717, 1.165) is 50.3 Å². The second-order valence-corrected chi connectivity index (χ2v) is 17.1. The summed E-state index contributed by atoms with van der Waals surface area (Å²) in [5, 5.41) is 9.76. The molecule has 0 aliphatic carbocycles. The Labute approximate surface area is 361 Å². The Morgan fingerprint density at radius 3 is 1.92 bits per heavy atom. The van der Waals surface area contributed by atoms with E-state index in [4.69, 9.17) is 4.42 Å². The Hall–Kier alpha value is -7.92. The van der Waals surface area contributed by atoms with Crippen LogP contribution >= 0.6 is 11.3 Å². The van der Waals surface area contributed by atoms with Crippen molar-refractivity contribution in [2.75, 3.05) is 4.90 Å². The van der Waals surface area contributed by atoms with Gasteiger partial charge in [0.25, 0.3) is 0 Å². The lowest BCUT2D eigenvalue weighted by Gasteiger charge is -2.26. The molecule has 290 valence electrons. The lowest BCUT2D eigenvalue weighted by molar-refractivity contribution is 0.669. The Kier molecular flexibility index (Phi) is 7.78. The Morgan fingerprint density at radius 1 is 0.387 bits per heavy atom. The first kappa shape index (κ1) is 34.9. The Balaban J connectivity index is 0.966. The smallest absolute Gasteiger partial charge is 0.137 e. The van der Waals surface area contributed by atoms with Crippen molar-refractivity contribution in [1.29, 1.82) is 0 Å². The summed E-state index contributed by atoms with van der Waals surface area (Å²) in [5.74, 6) is 0. The van der Waals surface area contributed by atoms with Crippen molar-refractivity contribution in [1.82, 2.24) is 4.57 Å². The van der Waals surface area contributed by atoms with E-state index >= 15 is 0 Å². The standard InChI is InChI=1S/C58H36N2OS/c1-3-12-38(13-4-1)46-19-11-20-51-52-35-43(29-33-56(52)62-58(46)51)59(44-28-32-49-48-18-9-10-21-54(48)61-55(49)36-44)42-26-22-37(23-27-42)40-25-30-47-50-31-24-39-14-7-8-17-45(39)57(50)60(53(47)34-40)41-15-5-2-6-16-41/h1-36H. The molecule has 0 saturated carbocycles. The Bertz CT molecular complexity index is 3860. The van der Waals surface area contributed by atoms with Crippen molar-refractivity contribution in [3.8, 4) is 27.9 Å². The molecule has 0 spiro atoms. The summed E-state index contributed by atoms with van der Waals surface area (Å²) in [6, 6.07) is 79.2. The van der Waals surface area contributed by atoms with Crippen LogP contribution < -0.4 is 4.90 Å². The number of hydrogen-bond donors (Lipinski definition) is 0. The normalized spacial score (nSPS) is 11.9. The molecule has 0 radical (unpaired) electrons. The number of hydrogen-bond acceptors (Lipinski definition) is 3. The van der Waals surface area contributed by atoms with E-state index in [1.807, 2.05) is 23.5 Å². The molecular formula is C58H36N2OS. The zero-order valence-electron chi connectivity index (χ0n) is 33.5. The topological polar surface area (TPSA) is 21.3 Å². The maximum absolute atomic E-state index is 6.46. The molecule has 3 aromatic heterocycles. The van der Waals surface area contributed by atoms with Gasteiger partial charge in [0.05, 0.1) is 11.0 Å². The zero-order valence-corrected chi connectivity index (χ0v) is 34.3. The third-order valence-corrected chi connectivity index (χ3v) is 13.8. The molecular weight excluding hydrogens is 773 g/mol. The molecule has 10 aromatic carbocycles. The maximum atomic E-state index is 6.46. The highest BCUT2D eigenvalue weighted by Gasteiger charge is 2.20. The molecule has 4 heteroatoms. The Morgan fingerprint density at radius 2 is 1.05 bits per heavy atom. The first-order valence-electron chi connectivity index (χ1n) is 21.1. The number of rotatable bonds is 6. The lowest BCUT2D eigenvalue weighted by Crippen LogP contribution is -2.09. The number of nitrogens with zero attached hydrogens (tertiary/aromatic N) is 2. The van der Waals surface area contributed by atoms with Crippen LogP contribution in [0.3, 0.4) is 0 Å². The van der Waals surface area contributed by atoms with E-state index in [1.54, 1.807) is 0 Å². The summed E-state index contributed by atoms with van der Waals surface area (Å²) < 4.78 is 11.5. The number of thiophene rings is 1. The molecule has 0 saturated heterocycles. The van der Waals surface area contributed by atoms with Crippen LogP contribution in [-0.4, -0.2) is 4.57 Å². The van der Waals surface area contributed by atoms with Gasteiger partial charge in [-0.1, -0.05) is 146 Å². The number of benzene rings is 10. The SMILES string of the molecule is c1ccc(-c2cccc3c2sc2ccc(N(c4ccc(-c5ccc6c7ccc8ccccc8c7n(-c7ccccc7)c6c5)cc4)c4ccc5c(c4)oc4ccccc45)cc23)cc1. The average Bonchev–Trinajstić information content (AvgIpc) is 4.01. The fourth-order valence-electron chi connectivity index (χ4n) is 9.68. The molecule has 0 unspecified atom stereocenters. The van der Waals surface area contributed by atoms with Crippen LogP contribution in [0.15, 0.2) is 223 Å². The number of fused-ring (bicyclic) bond motifs is 11. The average molecular weight is 809 g/mol. The predicted molar refractivity (Wildman–Crippen MR) is 264 cm³/mol. The molecule has 0 bridgehead atoms. The highest BCUT2D eigenvalue weighted by molar-refractivity contribution is 7.26. The van der Waals surface area contributed by atoms with Gasteiger partial charge in [0.15, 0.2) is 0 Å². The minimum atomic E-state index is 0.870. The van der Waals surface area contributed by atoms with Gasteiger partial charge in [0.1, 0.15) is 11.2 Å². The van der Waals surface area contributed by atoms with Gasteiger partial charge in [-0.05, 0) is 94.4 Å². The van der Waals surface area contributed by atoms with E-state index < -0.39 is 0 Å². The van der Waals surface area contributed by atoms with E-state index in [0.29, 0.717) is 0 Å². The van der Waals surface area contributed by atoms with Gasteiger partial charge in [-0.3, -0.25) is 0 Å². The summed E-state index contributed by atoms with van der Waals surface area (Å²) in [6.07, 6.45) is 0. The van der Waals surface area contributed by atoms with Crippen molar-refractivity contribution in [2.24, 2.45) is 0 Å². The summed E-state index contributed by atoms with van der Waals surface area (Å²) >= 11 is 1.87. The molecule has 13 aromatic rings. The molecule has 0 atom stereocenters. The second-order valence-electron chi connectivity index (χ2n) is 16.1. The summed E-state index contributed by atoms with van der Waals surface area (Å²) in [7, 11) is 0. The third-order valence-electron chi connectivity index (χ3n) is 12.6. The van der Waals surface area contributed by atoms with Crippen LogP contribution in [0.5, 0.6) is 0 Å². The molecule has 0 fully saturated rings. The van der Waals surface area contributed by atoms with Crippen LogP contribution in [0, 0.1) is 0 Å². The van der Waals surface area contributed by atoms with Gasteiger partial charge in [-0.15, -0.1) is 11.3 Å². The molecule has 0 amide bonds. The maximum Gasteiger partial charge on any atom is 0.137 e. The van der Waals surface area contributed by atoms with Crippen molar-refractivity contribution in [3.05, 3.63) is 218 Å². The highest BCUT2D eigenvalue weighted by Crippen LogP contribution is 2.45. The minimum absolute atomic E-state index is 0.870. The largest absolute Gasteiger partial charge is 0.456 e. The molecule has 13 rings (SSSR count). The van der Waals surface area contributed by atoms with Crippen LogP contribution in [0.1, 0.15) is 0 Å². The van der Waals surface area contributed by atoms with Gasteiger partial charge in [-0.25, -0.2) is 0 Å². The van der Waals surface area contributed by atoms with Gasteiger partial charge in [0, 0.05) is 75.9 Å². The molecule has 3 nitrogen and oxygen atoms in total. The first-order valence-corrected chi connectivity index (χ1v) is 21.9. The van der Waals surface area contributed by atoms with E-state index in [-0.39, 0.29) is 0 Å².